The molecule has 0 aliphatic heterocycles. The Morgan fingerprint density at radius 2 is 1.73 bits per heavy atom. The number of nitro benzene ring substituents is 1. The van der Waals surface area contributed by atoms with Crippen molar-refractivity contribution in [1.82, 2.24) is 0 Å². The number of carbonyl (C=O) groups is 1. The molecule has 0 saturated carbocycles. The highest BCUT2D eigenvalue weighted by molar-refractivity contribution is 6.02. The van der Waals surface area contributed by atoms with Crippen LogP contribution in [-0.4, -0.2) is 24.0 Å². The van der Waals surface area contributed by atoms with Gasteiger partial charge in [-0.1, -0.05) is 18.2 Å². The molecule has 0 aliphatic carbocycles. The first-order chi connectivity index (χ1) is 17.9. The van der Waals surface area contributed by atoms with Gasteiger partial charge in [-0.2, -0.15) is 0 Å². The van der Waals surface area contributed by atoms with Crippen LogP contribution in [0.3, 0.4) is 0 Å². The van der Waals surface area contributed by atoms with Gasteiger partial charge in [0.25, 0.3) is 5.69 Å². The molecule has 0 unspecified atom stereocenters. The Labute approximate surface area is 212 Å². The van der Waals surface area contributed by atoms with Gasteiger partial charge in [0.1, 0.15) is 17.1 Å². The number of aryl methyl sites for hydroxylation is 1. The van der Waals surface area contributed by atoms with Gasteiger partial charge < -0.3 is 19.2 Å². The van der Waals surface area contributed by atoms with Crippen molar-refractivity contribution in [3.05, 3.63) is 111 Å². The third-order valence-corrected chi connectivity index (χ3v) is 5.38. The molecule has 0 aliphatic rings. The third kappa shape index (κ3) is 7.04. The van der Waals surface area contributed by atoms with Gasteiger partial charge in [-0.3, -0.25) is 14.9 Å². The normalized spacial score (nSPS) is 10.9. The molecule has 1 heterocycles. The third-order valence-electron chi connectivity index (χ3n) is 5.38. The Morgan fingerprint density at radius 3 is 2.49 bits per heavy atom. The van der Waals surface area contributed by atoms with Gasteiger partial charge >= 0.3 is 5.63 Å². The molecule has 1 N–H and O–H groups in total. The number of rotatable bonds is 10. The van der Waals surface area contributed by atoms with Crippen molar-refractivity contribution < 1.29 is 23.6 Å². The van der Waals surface area contributed by atoms with E-state index in [0.717, 1.165) is 16.5 Å². The molecule has 1 aromatic heterocycles. The molecule has 188 valence electrons. The lowest BCUT2D eigenvalue weighted by Gasteiger charge is -2.09. The van der Waals surface area contributed by atoms with Gasteiger partial charge in [-0.15, -0.1) is 0 Å². The van der Waals surface area contributed by atoms with Crippen LogP contribution in [0.15, 0.2) is 88.1 Å². The summed E-state index contributed by atoms with van der Waals surface area (Å²) in [6.45, 7) is 2.74. The van der Waals surface area contributed by atoms with Crippen LogP contribution in [0.5, 0.6) is 11.5 Å². The molecule has 3 aromatic carbocycles. The zero-order chi connectivity index (χ0) is 26.2. The van der Waals surface area contributed by atoms with Crippen molar-refractivity contribution >= 4 is 34.3 Å². The Kier molecular flexibility index (Phi) is 7.95. The van der Waals surface area contributed by atoms with E-state index in [1.165, 1.54) is 30.3 Å². The first-order valence-corrected chi connectivity index (χ1v) is 11.5. The van der Waals surface area contributed by atoms with Gasteiger partial charge in [0.2, 0.25) is 5.91 Å². The number of fused-ring (bicyclic) bond motifs is 1. The number of hydrogen-bond acceptors (Lipinski definition) is 7. The van der Waals surface area contributed by atoms with E-state index in [2.05, 4.69) is 5.32 Å². The van der Waals surface area contributed by atoms with Crippen molar-refractivity contribution in [2.45, 2.75) is 13.3 Å². The summed E-state index contributed by atoms with van der Waals surface area (Å²) in [5.74, 6) is 0.901. The van der Waals surface area contributed by atoms with Crippen LogP contribution in [0.2, 0.25) is 0 Å². The molecular formula is C28H24N2O7. The summed E-state index contributed by atoms with van der Waals surface area (Å²) in [6.07, 6.45) is 3.64. The molecule has 1 amide bonds. The van der Waals surface area contributed by atoms with Crippen LogP contribution in [0.1, 0.15) is 17.5 Å². The highest BCUT2D eigenvalue weighted by atomic mass is 16.6. The average molecular weight is 501 g/mol. The summed E-state index contributed by atoms with van der Waals surface area (Å²) in [6, 6.07) is 19.8. The lowest BCUT2D eigenvalue weighted by atomic mass is 10.1. The number of carbonyl (C=O) groups excluding carboxylic acids is 1. The largest absolute Gasteiger partial charge is 0.493 e. The number of nitro groups is 1. The average Bonchev–Trinajstić information content (AvgIpc) is 2.88. The van der Waals surface area contributed by atoms with E-state index in [4.69, 9.17) is 13.9 Å². The van der Waals surface area contributed by atoms with Gasteiger partial charge in [-0.05, 0) is 54.5 Å². The van der Waals surface area contributed by atoms with Crippen molar-refractivity contribution in [2.24, 2.45) is 0 Å². The Balaban J connectivity index is 1.20. The minimum Gasteiger partial charge on any atom is -0.493 e. The number of nitrogens with zero attached hydrogens (tertiary/aromatic N) is 1. The maximum Gasteiger partial charge on any atom is 0.336 e. The first kappa shape index (κ1) is 25.2. The van der Waals surface area contributed by atoms with E-state index >= 15 is 0 Å². The second-order valence-corrected chi connectivity index (χ2v) is 8.16. The van der Waals surface area contributed by atoms with Crippen LogP contribution in [0.25, 0.3) is 17.0 Å². The van der Waals surface area contributed by atoms with Crippen LogP contribution in [0.4, 0.5) is 11.4 Å². The SMILES string of the molecule is Cc1cc(=O)oc2cc(OCCCOc3ccc(/C=C/C(=O)Nc4cccc([N+](=O)[O-])c4)cc3)ccc12. The molecule has 4 aromatic rings. The minimum absolute atomic E-state index is 0.0949. The van der Waals surface area contributed by atoms with E-state index in [1.807, 2.05) is 31.2 Å². The van der Waals surface area contributed by atoms with Crippen molar-refractivity contribution in [3.8, 4) is 11.5 Å². The molecule has 0 radical (unpaired) electrons. The van der Waals surface area contributed by atoms with Crippen molar-refractivity contribution in [2.75, 3.05) is 18.5 Å². The van der Waals surface area contributed by atoms with Gasteiger partial charge in [0.05, 0.1) is 18.1 Å². The van der Waals surface area contributed by atoms with Crippen molar-refractivity contribution in [3.63, 3.8) is 0 Å². The second kappa shape index (κ2) is 11.7. The van der Waals surface area contributed by atoms with E-state index in [1.54, 1.807) is 30.3 Å². The first-order valence-electron chi connectivity index (χ1n) is 11.5. The van der Waals surface area contributed by atoms with E-state index in [-0.39, 0.29) is 11.3 Å². The summed E-state index contributed by atoms with van der Waals surface area (Å²) >= 11 is 0. The fourth-order valence-corrected chi connectivity index (χ4v) is 3.56. The molecule has 0 bridgehead atoms. The number of non-ortho nitro benzene ring substituents is 1. The number of nitrogens with one attached hydrogen (secondary N) is 1. The smallest absolute Gasteiger partial charge is 0.336 e. The van der Waals surface area contributed by atoms with E-state index in [0.29, 0.717) is 42.4 Å². The highest BCUT2D eigenvalue weighted by Gasteiger charge is 2.07. The molecule has 9 nitrogen and oxygen atoms in total. The summed E-state index contributed by atoms with van der Waals surface area (Å²) < 4.78 is 16.7. The lowest BCUT2D eigenvalue weighted by Crippen LogP contribution is -2.07. The molecule has 0 spiro atoms. The monoisotopic (exact) mass is 500 g/mol. The Bertz CT molecular complexity index is 1510. The Hall–Kier alpha value is -4.92. The summed E-state index contributed by atoms with van der Waals surface area (Å²) in [4.78, 5) is 34.0. The van der Waals surface area contributed by atoms with Crippen molar-refractivity contribution in [1.29, 1.82) is 0 Å². The number of ether oxygens (including phenoxy) is 2. The van der Waals surface area contributed by atoms with Crippen LogP contribution >= 0.6 is 0 Å². The van der Waals surface area contributed by atoms with Gasteiger partial charge in [-0.25, -0.2) is 4.79 Å². The fraction of sp³-hybridized carbons (Fsp3) is 0.143. The fourth-order valence-electron chi connectivity index (χ4n) is 3.56. The van der Waals surface area contributed by atoms with Crippen LogP contribution in [-0.2, 0) is 4.79 Å². The standard InChI is InChI=1S/C28H24N2O7/c1-19-16-28(32)37-26-18-24(11-12-25(19)26)36-15-3-14-35-23-9-6-20(7-10-23)8-13-27(31)29-21-4-2-5-22(17-21)30(33)34/h2,4-13,16-18H,3,14-15H2,1H3,(H,29,31)/b13-8+. The highest BCUT2D eigenvalue weighted by Crippen LogP contribution is 2.22. The number of anilines is 1. The molecule has 4 rings (SSSR count). The minimum atomic E-state index is -0.518. The zero-order valence-corrected chi connectivity index (χ0v) is 20.0. The summed E-state index contributed by atoms with van der Waals surface area (Å²) in [5, 5.41) is 14.3. The Morgan fingerprint density at radius 1 is 1.00 bits per heavy atom. The van der Waals surface area contributed by atoms with Crippen LogP contribution in [0, 0.1) is 17.0 Å². The predicted molar refractivity (Wildman–Crippen MR) is 140 cm³/mol. The molecule has 0 atom stereocenters. The quantitative estimate of drug-likeness (QED) is 0.100. The molecule has 0 saturated heterocycles. The predicted octanol–water partition coefficient (Wildman–Crippen LogP) is 5.51. The zero-order valence-electron chi connectivity index (χ0n) is 20.0. The molecular weight excluding hydrogens is 476 g/mol. The molecule has 9 heteroatoms. The number of hydrogen-bond donors (Lipinski definition) is 1. The maximum absolute atomic E-state index is 12.1. The second-order valence-electron chi connectivity index (χ2n) is 8.16. The van der Waals surface area contributed by atoms with Crippen LogP contribution < -0.4 is 20.4 Å². The van der Waals surface area contributed by atoms with E-state index < -0.39 is 10.8 Å². The maximum atomic E-state index is 12.1. The summed E-state index contributed by atoms with van der Waals surface area (Å²) in [7, 11) is 0. The molecule has 37 heavy (non-hydrogen) atoms. The summed E-state index contributed by atoms with van der Waals surface area (Å²) in [5.41, 5.74) is 2.01. The number of benzene rings is 3. The van der Waals surface area contributed by atoms with E-state index in [9.17, 15) is 19.7 Å². The topological polar surface area (TPSA) is 121 Å². The number of amides is 1. The molecule has 0 fully saturated rings. The van der Waals surface area contributed by atoms with Gasteiger partial charge in [0, 0.05) is 47.8 Å². The van der Waals surface area contributed by atoms with Gasteiger partial charge in [0.15, 0.2) is 0 Å². The lowest BCUT2D eigenvalue weighted by molar-refractivity contribution is -0.384.